The standard InChI is InChI=1S/C30H33Cl2N3O5S/c1-21(30(37)33-24-10-6-7-11-24)34(19-22-16-17-23(31)18-26(22)32)29(36)20-35(27-14-8-9-15-28(27)40-2)41(38,39)25-12-4-3-5-13-25/h3-5,8-9,12-18,21,24H,6-7,10-11,19-20H2,1-2H3,(H,33,37)/t21-/m0/s1. The van der Waals surface area contributed by atoms with Gasteiger partial charge in [0.1, 0.15) is 18.3 Å². The molecule has 218 valence electrons. The Balaban J connectivity index is 1.72. The van der Waals surface area contributed by atoms with Gasteiger partial charge in [-0.05, 0) is 61.7 Å². The van der Waals surface area contributed by atoms with Crippen LogP contribution in [0.4, 0.5) is 5.69 Å². The zero-order valence-electron chi connectivity index (χ0n) is 22.9. The van der Waals surface area contributed by atoms with Gasteiger partial charge >= 0.3 is 0 Å². The maximum atomic E-state index is 14.1. The van der Waals surface area contributed by atoms with Gasteiger partial charge in [-0.1, -0.05) is 72.4 Å². The molecule has 1 aliphatic rings. The summed E-state index contributed by atoms with van der Waals surface area (Å²) in [7, 11) is -2.78. The minimum atomic E-state index is -4.20. The number of halogens is 2. The van der Waals surface area contributed by atoms with E-state index in [-0.39, 0.29) is 34.8 Å². The molecule has 0 unspecified atom stereocenters. The molecule has 0 heterocycles. The summed E-state index contributed by atoms with van der Waals surface area (Å²) in [5, 5.41) is 3.81. The molecule has 8 nitrogen and oxygen atoms in total. The third kappa shape index (κ3) is 7.33. The van der Waals surface area contributed by atoms with Gasteiger partial charge in [0.2, 0.25) is 11.8 Å². The number of carbonyl (C=O) groups excluding carboxylic acids is 2. The average molecular weight is 619 g/mol. The normalized spacial score (nSPS) is 14.3. The lowest BCUT2D eigenvalue weighted by Gasteiger charge is -2.33. The zero-order valence-corrected chi connectivity index (χ0v) is 25.3. The summed E-state index contributed by atoms with van der Waals surface area (Å²) in [6, 6.07) is 18.5. The van der Waals surface area contributed by atoms with Crippen LogP contribution in [-0.2, 0) is 26.2 Å². The van der Waals surface area contributed by atoms with Gasteiger partial charge in [-0.3, -0.25) is 13.9 Å². The van der Waals surface area contributed by atoms with Gasteiger partial charge in [0.25, 0.3) is 10.0 Å². The summed E-state index contributed by atoms with van der Waals surface area (Å²) < 4.78 is 34.3. The van der Waals surface area contributed by atoms with E-state index in [0.29, 0.717) is 15.6 Å². The molecule has 0 spiro atoms. The number of hydrogen-bond donors (Lipinski definition) is 1. The highest BCUT2D eigenvalue weighted by atomic mass is 35.5. The number of sulfonamides is 1. The van der Waals surface area contributed by atoms with Crippen LogP contribution in [0.1, 0.15) is 38.2 Å². The number of methoxy groups -OCH3 is 1. The van der Waals surface area contributed by atoms with E-state index in [9.17, 15) is 18.0 Å². The SMILES string of the molecule is COc1ccccc1N(CC(=O)N(Cc1ccc(Cl)cc1Cl)[C@@H](C)C(=O)NC1CCCC1)S(=O)(=O)c1ccccc1. The first kappa shape index (κ1) is 30.7. The molecule has 11 heteroatoms. The van der Waals surface area contributed by atoms with Crippen molar-refractivity contribution in [2.45, 2.75) is 56.1 Å². The summed E-state index contributed by atoms with van der Waals surface area (Å²) in [5.41, 5.74) is 0.763. The first-order valence-electron chi connectivity index (χ1n) is 13.4. The largest absolute Gasteiger partial charge is 0.495 e. The lowest BCUT2D eigenvalue weighted by Crippen LogP contribution is -2.52. The van der Waals surface area contributed by atoms with Crippen LogP contribution in [0.2, 0.25) is 10.0 Å². The highest BCUT2D eigenvalue weighted by Crippen LogP contribution is 2.33. The Morgan fingerprint density at radius 1 is 1.00 bits per heavy atom. The molecule has 1 aliphatic carbocycles. The molecule has 4 rings (SSSR count). The predicted octanol–water partition coefficient (Wildman–Crippen LogP) is 5.67. The fourth-order valence-corrected chi connectivity index (χ4v) is 6.79. The Kier molecular flexibility index (Phi) is 10.2. The van der Waals surface area contributed by atoms with Crippen LogP contribution in [0.25, 0.3) is 0 Å². The van der Waals surface area contributed by atoms with Crippen molar-refractivity contribution < 1.29 is 22.7 Å². The fraction of sp³-hybridized carbons (Fsp3) is 0.333. The molecule has 0 radical (unpaired) electrons. The maximum absolute atomic E-state index is 14.1. The third-order valence-electron chi connectivity index (χ3n) is 7.19. The summed E-state index contributed by atoms with van der Waals surface area (Å²) in [6.07, 6.45) is 3.83. The first-order valence-corrected chi connectivity index (χ1v) is 15.6. The minimum absolute atomic E-state index is 0.0121. The second-order valence-electron chi connectivity index (χ2n) is 9.92. The number of carbonyl (C=O) groups is 2. The van der Waals surface area contributed by atoms with Crippen LogP contribution in [0.3, 0.4) is 0 Å². The first-order chi connectivity index (χ1) is 19.6. The quantitative estimate of drug-likeness (QED) is 0.299. The van der Waals surface area contributed by atoms with Crippen LogP contribution in [0.5, 0.6) is 5.75 Å². The molecule has 1 fully saturated rings. The molecule has 0 saturated heterocycles. The molecule has 0 bridgehead atoms. The number of nitrogens with one attached hydrogen (secondary N) is 1. The molecule has 1 saturated carbocycles. The lowest BCUT2D eigenvalue weighted by molar-refractivity contribution is -0.139. The summed E-state index contributed by atoms with van der Waals surface area (Å²) >= 11 is 12.5. The second kappa shape index (κ2) is 13.6. The molecular weight excluding hydrogens is 585 g/mol. The van der Waals surface area contributed by atoms with E-state index in [1.54, 1.807) is 67.6 Å². The number of para-hydroxylation sites is 2. The molecule has 3 aromatic carbocycles. The average Bonchev–Trinajstić information content (AvgIpc) is 3.48. The van der Waals surface area contributed by atoms with Crippen LogP contribution in [0.15, 0.2) is 77.7 Å². The number of anilines is 1. The Hall–Kier alpha value is -3.27. The summed E-state index contributed by atoms with van der Waals surface area (Å²) in [4.78, 5) is 28.8. The van der Waals surface area contributed by atoms with E-state index >= 15 is 0 Å². The molecule has 1 N–H and O–H groups in total. The van der Waals surface area contributed by atoms with Gasteiger partial charge in [-0.2, -0.15) is 0 Å². The molecule has 41 heavy (non-hydrogen) atoms. The van der Waals surface area contributed by atoms with Crippen molar-refractivity contribution in [2.24, 2.45) is 0 Å². The monoisotopic (exact) mass is 617 g/mol. The van der Waals surface area contributed by atoms with E-state index < -0.39 is 28.5 Å². The number of nitrogens with zero attached hydrogens (tertiary/aromatic N) is 2. The van der Waals surface area contributed by atoms with Crippen LogP contribution < -0.4 is 14.4 Å². The Labute approximate surface area is 251 Å². The van der Waals surface area contributed by atoms with Crippen molar-refractivity contribution in [3.05, 3.63) is 88.4 Å². The molecular formula is C30H33Cl2N3O5S. The summed E-state index contributed by atoms with van der Waals surface area (Å²) in [5.74, 6) is -0.625. The highest BCUT2D eigenvalue weighted by molar-refractivity contribution is 7.92. The van der Waals surface area contributed by atoms with Gasteiger partial charge in [0.05, 0.1) is 17.7 Å². The van der Waals surface area contributed by atoms with Crippen molar-refractivity contribution in [1.29, 1.82) is 0 Å². The number of rotatable bonds is 11. The highest BCUT2D eigenvalue weighted by Gasteiger charge is 2.34. The molecule has 3 aromatic rings. The molecule has 0 aromatic heterocycles. The number of benzene rings is 3. The topological polar surface area (TPSA) is 96.0 Å². The van der Waals surface area contributed by atoms with Crippen molar-refractivity contribution >= 4 is 50.7 Å². The van der Waals surface area contributed by atoms with Crippen molar-refractivity contribution in [3.63, 3.8) is 0 Å². The molecule has 0 aliphatic heterocycles. The van der Waals surface area contributed by atoms with Crippen LogP contribution in [0, 0.1) is 0 Å². The van der Waals surface area contributed by atoms with Crippen molar-refractivity contribution in [1.82, 2.24) is 10.2 Å². The predicted molar refractivity (Wildman–Crippen MR) is 161 cm³/mol. The third-order valence-corrected chi connectivity index (χ3v) is 9.55. The maximum Gasteiger partial charge on any atom is 0.264 e. The van der Waals surface area contributed by atoms with Gasteiger partial charge in [0, 0.05) is 22.6 Å². The van der Waals surface area contributed by atoms with Gasteiger partial charge in [0.15, 0.2) is 0 Å². The van der Waals surface area contributed by atoms with E-state index in [4.69, 9.17) is 27.9 Å². The Bertz CT molecular complexity index is 1480. The van der Waals surface area contributed by atoms with E-state index in [1.165, 1.54) is 24.1 Å². The summed E-state index contributed by atoms with van der Waals surface area (Å²) in [6.45, 7) is 1.02. The minimum Gasteiger partial charge on any atom is -0.495 e. The van der Waals surface area contributed by atoms with Gasteiger partial charge in [-0.25, -0.2) is 8.42 Å². The van der Waals surface area contributed by atoms with Gasteiger partial charge < -0.3 is 15.0 Å². The van der Waals surface area contributed by atoms with Crippen LogP contribution in [-0.4, -0.2) is 50.9 Å². The molecule has 2 amide bonds. The number of ether oxygens (including phenoxy) is 1. The van der Waals surface area contributed by atoms with Crippen molar-refractivity contribution in [3.8, 4) is 5.75 Å². The Morgan fingerprint density at radius 2 is 1.66 bits per heavy atom. The number of hydrogen-bond acceptors (Lipinski definition) is 5. The van der Waals surface area contributed by atoms with E-state index in [2.05, 4.69) is 5.32 Å². The van der Waals surface area contributed by atoms with E-state index in [0.717, 1.165) is 30.0 Å². The Morgan fingerprint density at radius 3 is 2.32 bits per heavy atom. The second-order valence-corrected chi connectivity index (χ2v) is 12.6. The lowest BCUT2D eigenvalue weighted by atomic mass is 10.1. The zero-order chi connectivity index (χ0) is 29.6. The fourth-order valence-electron chi connectivity index (χ4n) is 4.88. The number of amides is 2. The molecule has 1 atom stereocenters. The van der Waals surface area contributed by atoms with Crippen LogP contribution >= 0.6 is 23.2 Å². The van der Waals surface area contributed by atoms with E-state index in [1.807, 2.05) is 0 Å². The smallest absolute Gasteiger partial charge is 0.264 e. The van der Waals surface area contributed by atoms with Gasteiger partial charge in [-0.15, -0.1) is 0 Å². The van der Waals surface area contributed by atoms with Crippen molar-refractivity contribution in [2.75, 3.05) is 18.0 Å².